The van der Waals surface area contributed by atoms with Gasteiger partial charge in [0.15, 0.2) is 0 Å². The van der Waals surface area contributed by atoms with Crippen molar-refractivity contribution in [3.8, 4) is 6.07 Å². The minimum Gasteiger partial charge on any atom is -0.394 e. The molecule has 0 aliphatic carbocycles. The van der Waals surface area contributed by atoms with E-state index in [9.17, 15) is 9.90 Å². The van der Waals surface area contributed by atoms with E-state index in [1.165, 1.54) is 0 Å². The summed E-state index contributed by atoms with van der Waals surface area (Å²) in [7, 11) is 0. The summed E-state index contributed by atoms with van der Waals surface area (Å²) in [5.41, 5.74) is 1.56. The second-order valence-electron chi connectivity index (χ2n) is 5.08. The van der Waals surface area contributed by atoms with E-state index in [1.54, 1.807) is 17.0 Å². The van der Waals surface area contributed by atoms with Gasteiger partial charge in [-0.05, 0) is 37.5 Å². The molecule has 2 rings (SSSR count). The van der Waals surface area contributed by atoms with Crippen LogP contribution >= 0.6 is 0 Å². The zero-order chi connectivity index (χ0) is 14.5. The zero-order valence-corrected chi connectivity index (χ0v) is 11.5. The van der Waals surface area contributed by atoms with E-state index in [2.05, 4.69) is 11.4 Å². The Balaban J connectivity index is 1.98. The lowest BCUT2D eigenvalue weighted by molar-refractivity contribution is 0.155. The number of aliphatic hydroxyl groups is 1. The summed E-state index contributed by atoms with van der Waals surface area (Å²) in [6.45, 7) is 2.61. The fourth-order valence-corrected chi connectivity index (χ4v) is 2.49. The van der Waals surface area contributed by atoms with Crippen molar-refractivity contribution >= 4 is 6.03 Å². The minimum atomic E-state index is -0.140. The van der Waals surface area contributed by atoms with Crippen LogP contribution in [0.5, 0.6) is 0 Å². The number of carbonyl (C=O) groups is 1. The number of nitrogens with one attached hydrogen (secondary N) is 1. The number of rotatable bonds is 3. The molecule has 1 unspecified atom stereocenters. The van der Waals surface area contributed by atoms with E-state index in [1.807, 2.05) is 19.1 Å². The highest BCUT2D eigenvalue weighted by Crippen LogP contribution is 2.19. The molecule has 1 heterocycles. The summed E-state index contributed by atoms with van der Waals surface area (Å²) >= 11 is 0. The van der Waals surface area contributed by atoms with Crippen molar-refractivity contribution < 1.29 is 9.90 Å². The first-order chi connectivity index (χ1) is 9.65. The van der Waals surface area contributed by atoms with Crippen molar-refractivity contribution in [1.82, 2.24) is 10.2 Å². The van der Waals surface area contributed by atoms with E-state index in [0.717, 1.165) is 18.4 Å². The van der Waals surface area contributed by atoms with Gasteiger partial charge >= 0.3 is 6.03 Å². The number of nitrogens with zero attached hydrogens (tertiary/aromatic N) is 2. The largest absolute Gasteiger partial charge is 0.394 e. The third-order valence-electron chi connectivity index (χ3n) is 3.73. The minimum absolute atomic E-state index is 0.0126. The van der Waals surface area contributed by atoms with Crippen molar-refractivity contribution in [3.05, 3.63) is 35.4 Å². The number of urea groups is 1. The molecule has 0 bridgehead atoms. The Labute approximate surface area is 118 Å². The van der Waals surface area contributed by atoms with Crippen molar-refractivity contribution in [2.24, 2.45) is 0 Å². The molecule has 0 saturated carbocycles. The smallest absolute Gasteiger partial charge is 0.318 e. The lowest BCUT2D eigenvalue weighted by atomic mass is 10.1. The Morgan fingerprint density at radius 2 is 2.25 bits per heavy atom. The SMILES string of the molecule is CC(NC(=O)N1CCC[C@H]1CO)c1ccc(C#N)cc1. The van der Waals surface area contributed by atoms with Crippen molar-refractivity contribution in [2.45, 2.75) is 31.8 Å². The Hall–Kier alpha value is -2.06. The first-order valence-electron chi connectivity index (χ1n) is 6.83. The predicted octanol–water partition coefficient (Wildman–Crippen LogP) is 1.79. The van der Waals surface area contributed by atoms with Crippen LogP contribution in [0.1, 0.15) is 36.9 Å². The molecule has 0 radical (unpaired) electrons. The third kappa shape index (κ3) is 3.09. The predicted molar refractivity (Wildman–Crippen MR) is 74.9 cm³/mol. The molecule has 1 fully saturated rings. The lowest BCUT2D eigenvalue weighted by Gasteiger charge is -2.25. The van der Waals surface area contributed by atoms with Gasteiger partial charge in [-0.15, -0.1) is 0 Å². The van der Waals surface area contributed by atoms with Crippen LogP contribution in [0.25, 0.3) is 0 Å². The molecule has 20 heavy (non-hydrogen) atoms. The van der Waals surface area contributed by atoms with Crippen LogP contribution in [0.3, 0.4) is 0 Å². The number of hydrogen-bond acceptors (Lipinski definition) is 3. The molecule has 2 atom stereocenters. The highest BCUT2D eigenvalue weighted by Gasteiger charge is 2.28. The van der Waals surface area contributed by atoms with Crippen molar-refractivity contribution in [3.63, 3.8) is 0 Å². The molecule has 0 spiro atoms. The van der Waals surface area contributed by atoms with Gasteiger partial charge in [-0.1, -0.05) is 12.1 Å². The van der Waals surface area contributed by atoms with Gasteiger partial charge in [0.25, 0.3) is 0 Å². The molecule has 5 nitrogen and oxygen atoms in total. The fourth-order valence-electron chi connectivity index (χ4n) is 2.49. The monoisotopic (exact) mass is 273 g/mol. The summed E-state index contributed by atoms with van der Waals surface area (Å²) in [6.07, 6.45) is 1.79. The highest BCUT2D eigenvalue weighted by atomic mass is 16.3. The molecule has 1 aromatic carbocycles. The number of aliphatic hydroxyl groups excluding tert-OH is 1. The number of amides is 2. The Morgan fingerprint density at radius 1 is 1.55 bits per heavy atom. The van der Waals surface area contributed by atoms with E-state index >= 15 is 0 Å². The first kappa shape index (κ1) is 14.4. The standard InChI is InChI=1S/C15H19N3O2/c1-11(13-6-4-12(9-16)5-7-13)17-15(20)18-8-2-3-14(18)10-19/h4-7,11,14,19H,2-3,8,10H2,1H3,(H,17,20)/t11?,14-/m0/s1. The van der Waals surface area contributed by atoms with Gasteiger partial charge in [-0.25, -0.2) is 4.79 Å². The maximum absolute atomic E-state index is 12.2. The quantitative estimate of drug-likeness (QED) is 0.881. The number of carbonyl (C=O) groups excluding carboxylic acids is 1. The number of hydrogen-bond donors (Lipinski definition) is 2. The highest BCUT2D eigenvalue weighted by molar-refractivity contribution is 5.75. The number of nitriles is 1. The van der Waals surface area contributed by atoms with Crippen LogP contribution in [0.4, 0.5) is 4.79 Å². The molecular formula is C15H19N3O2. The third-order valence-corrected chi connectivity index (χ3v) is 3.73. The van der Waals surface area contributed by atoms with Gasteiger partial charge in [0.2, 0.25) is 0 Å². The van der Waals surface area contributed by atoms with Gasteiger partial charge in [0.1, 0.15) is 0 Å². The first-order valence-corrected chi connectivity index (χ1v) is 6.83. The maximum atomic E-state index is 12.2. The topological polar surface area (TPSA) is 76.4 Å². The van der Waals surface area contributed by atoms with Gasteiger partial charge < -0.3 is 15.3 Å². The van der Waals surface area contributed by atoms with Crippen LogP contribution in [0.15, 0.2) is 24.3 Å². The van der Waals surface area contributed by atoms with Crippen LogP contribution in [-0.2, 0) is 0 Å². The lowest BCUT2D eigenvalue weighted by Crippen LogP contribution is -2.44. The number of likely N-dealkylation sites (tertiary alicyclic amines) is 1. The Bertz CT molecular complexity index is 507. The molecule has 1 aliphatic rings. The maximum Gasteiger partial charge on any atom is 0.318 e. The number of benzene rings is 1. The van der Waals surface area contributed by atoms with Gasteiger partial charge in [-0.2, -0.15) is 5.26 Å². The molecule has 5 heteroatoms. The van der Waals surface area contributed by atoms with Gasteiger partial charge in [-0.3, -0.25) is 0 Å². The molecule has 2 N–H and O–H groups in total. The van der Waals surface area contributed by atoms with E-state index < -0.39 is 0 Å². The second-order valence-corrected chi connectivity index (χ2v) is 5.08. The van der Waals surface area contributed by atoms with Crippen molar-refractivity contribution in [2.75, 3.05) is 13.2 Å². The molecule has 0 aromatic heterocycles. The molecule has 1 aromatic rings. The van der Waals surface area contributed by atoms with Gasteiger partial charge in [0, 0.05) is 6.54 Å². The summed E-state index contributed by atoms with van der Waals surface area (Å²) in [6, 6.07) is 8.90. The van der Waals surface area contributed by atoms with Crippen molar-refractivity contribution in [1.29, 1.82) is 5.26 Å². The Morgan fingerprint density at radius 3 is 2.85 bits per heavy atom. The van der Waals surface area contributed by atoms with Crippen LogP contribution in [0.2, 0.25) is 0 Å². The summed E-state index contributed by atoms with van der Waals surface area (Å²) in [4.78, 5) is 13.9. The molecule has 1 aliphatic heterocycles. The zero-order valence-electron chi connectivity index (χ0n) is 11.5. The second kappa shape index (κ2) is 6.40. The average molecular weight is 273 g/mol. The average Bonchev–Trinajstić information content (AvgIpc) is 2.95. The summed E-state index contributed by atoms with van der Waals surface area (Å²) in [5.74, 6) is 0. The van der Waals surface area contributed by atoms with Crippen LogP contribution < -0.4 is 5.32 Å². The van der Waals surface area contributed by atoms with E-state index in [-0.39, 0.29) is 24.7 Å². The fraction of sp³-hybridized carbons (Fsp3) is 0.467. The van der Waals surface area contributed by atoms with Gasteiger partial charge in [0.05, 0.1) is 30.3 Å². The van der Waals surface area contributed by atoms with E-state index in [0.29, 0.717) is 12.1 Å². The molecule has 2 amide bonds. The summed E-state index contributed by atoms with van der Waals surface area (Å²) in [5, 5.41) is 20.9. The molecule has 106 valence electrons. The molecule has 1 saturated heterocycles. The Kier molecular flexibility index (Phi) is 4.59. The van der Waals surface area contributed by atoms with Crippen LogP contribution in [-0.4, -0.2) is 35.2 Å². The van der Waals surface area contributed by atoms with E-state index in [4.69, 9.17) is 5.26 Å². The van der Waals surface area contributed by atoms with Crippen LogP contribution in [0, 0.1) is 11.3 Å². The normalized spacial score (nSPS) is 19.4. The molecular weight excluding hydrogens is 254 g/mol. The summed E-state index contributed by atoms with van der Waals surface area (Å²) < 4.78 is 0.